The number of nitrogens with zero attached hydrogens (tertiary/aromatic N) is 2. The Hall–Kier alpha value is -1.68. The number of aromatic nitrogens is 2. The van der Waals surface area contributed by atoms with Gasteiger partial charge in [-0.15, -0.1) is 0 Å². The largest absolute Gasteiger partial charge is 0.337 e. The molecular formula is C15H19N3O. The van der Waals surface area contributed by atoms with E-state index in [0.717, 1.165) is 18.5 Å². The van der Waals surface area contributed by atoms with Crippen molar-refractivity contribution in [2.75, 3.05) is 6.54 Å². The molecule has 1 atom stereocenters. The van der Waals surface area contributed by atoms with Crippen LogP contribution >= 0.6 is 0 Å². The third-order valence-electron chi connectivity index (χ3n) is 3.64. The van der Waals surface area contributed by atoms with Crippen molar-refractivity contribution in [3.05, 3.63) is 35.7 Å². The van der Waals surface area contributed by atoms with Crippen LogP contribution in [-0.4, -0.2) is 16.7 Å². The number of benzene rings is 1. The van der Waals surface area contributed by atoms with E-state index in [0.29, 0.717) is 17.6 Å². The molecule has 0 radical (unpaired) electrons. The molecule has 4 heteroatoms. The number of rotatable bonds is 3. The minimum atomic E-state index is 0.233. The predicted octanol–water partition coefficient (Wildman–Crippen LogP) is 3.28. The lowest BCUT2D eigenvalue weighted by atomic mass is 10.0. The lowest BCUT2D eigenvalue weighted by Crippen LogP contribution is -2.12. The maximum atomic E-state index is 5.36. The van der Waals surface area contributed by atoms with Crippen LogP contribution < -0.4 is 5.32 Å². The molecule has 1 unspecified atom stereocenters. The van der Waals surface area contributed by atoms with E-state index in [1.165, 1.54) is 12.0 Å². The maximum absolute atomic E-state index is 5.36. The number of hydrogen-bond donors (Lipinski definition) is 1. The fourth-order valence-electron chi connectivity index (χ4n) is 2.41. The van der Waals surface area contributed by atoms with E-state index in [1.807, 2.05) is 0 Å². The molecule has 4 nitrogen and oxygen atoms in total. The molecule has 0 spiro atoms. The van der Waals surface area contributed by atoms with Crippen LogP contribution in [0.25, 0.3) is 11.4 Å². The Kier molecular flexibility index (Phi) is 3.34. The first-order chi connectivity index (χ1) is 9.24. The average molecular weight is 257 g/mol. The monoisotopic (exact) mass is 257 g/mol. The third-order valence-corrected chi connectivity index (χ3v) is 3.64. The maximum Gasteiger partial charge on any atom is 0.244 e. The van der Waals surface area contributed by atoms with E-state index in [-0.39, 0.29) is 6.04 Å². The van der Waals surface area contributed by atoms with Crippen LogP contribution in [0.5, 0.6) is 0 Å². The van der Waals surface area contributed by atoms with Gasteiger partial charge in [-0.3, -0.25) is 0 Å². The zero-order valence-corrected chi connectivity index (χ0v) is 11.4. The summed E-state index contributed by atoms with van der Waals surface area (Å²) in [5.74, 6) is 1.93. The summed E-state index contributed by atoms with van der Waals surface area (Å²) in [7, 11) is 0. The van der Waals surface area contributed by atoms with E-state index < -0.39 is 0 Å². The molecular weight excluding hydrogens is 238 g/mol. The minimum Gasteiger partial charge on any atom is -0.337 e. The molecule has 100 valence electrons. The van der Waals surface area contributed by atoms with Gasteiger partial charge in [0, 0.05) is 5.56 Å². The zero-order chi connectivity index (χ0) is 13.2. The summed E-state index contributed by atoms with van der Waals surface area (Å²) in [5, 5.41) is 7.44. The van der Waals surface area contributed by atoms with Gasteiger partial charge in [0.2, 0.25) is 11.7 Å². The first-order valence-corrected chi connectivity index (χ1v) is 6.91. The summed E-state index contributed by atoms with van der Waals surface area (Å²) < 4.78 is 5.36. The Balaban J connectivity index is 1.81. The molecule has 1 aliphatic rings. The number of nitrogens with one attached hydrogen (secondary N) is 1. The highest BCUT2D eigenvalue weighted by molar-refractivity contribution is 5.54. The van der Waals surface area contributed by atoms with Crippen molar-refractivity contribution in [1.29, 1.82) is 0 Å². The predicted molar refractivity (Wildman–Crippen MR) is 73.8 cm³/mol. The van der Waals surface area contributed by atoms with Crippen molar-refractivity contribution < 1.29 is 4.52 Å². The normalized spacial score (nSPS) is 19.2. The van der Waals surface area contributed by atoms with Crippen molar-refractivity contribution in [3.8, 4) is 11.4 Å². The minimum absolute atomic E-state index is 0.233. The van der Waals surface area contributed by atoms with Gasteiger partial charge >= 0.3 is 0 Å². The second kappa shape index (κ2) is 5.13. The van der Waals surface area contributed by atoms with Crippen LogP contribution in [0.3, 0.4) is 0 Å². The molecule has 1 aromatic heterocycles. The highest BCUT2D eigenvalue weighted by Gasteiger charge is 2.22. The molecule has 0 amide bonds. The average Bonchev–Trinajstić information content (AvgIpc) is 3.10. The topological polar surface area (TPSA) is 51.0 Å². The lowest BCUT2D eigenvalue weighted by molar-refractivity contribution is 0.345. The van der Waals surface area contributed by atoms with Crippen molar-refractivity contribution in [2.24, 2.45) is 0 Å². The Morgan fingerprint density at radius 3 is 2.68 bits per heavy atom. The highest BCUT2D eigenvalue weighted by Crippen LogP contribution is 2.25. The molecule has 2 aromatic rings. The van der Waals surface area contributed by atoms with Gasteiger partial charge < -0.3 is 9.84 Å². The van der Waals surface area contributed by atoms with Crippen molar-refractivity contribution in [1.82, 2.24) is 15.5 Å². The Bertz CT molecular complexity index is 539. The van der Waals surface area contributed by atoms with Crippen LogP contribution in [-0.2, 0) is 0 Å². The molecule has 3 rings (SSSR count). The molecule has 0 aliphatic carbocycles. The first kappa shape index (κ1) is 12.4. The van der Waals surface area contributed by atoms with Gasteiger partial charge in [-0.25, -0.2) is 0 Å². The highest BCUT2D eigenvalue weighted by atomic mass is 16.5. The SMILES string of the molecule is CC(C)c1ccc(-c2noc(C3CCCN3)n2)cc1. The lowest BCUT2D eigenvalue weighted by Gasteiger charge is -2.04. The fraction of sp³-hybridized carbons (Fsp3) is 0.467. The molecule has 19 heavy (non-hydrogen) atoms. The van der Waals surface area contributed by atoms with E-state index in [1.54, 1.807) is 0 Å². The van der Waals surface area contributed by atoms with Gasteiger partial charge in [0.25, 0.3) is 0 Å². The first-order valence-electron chi connectivity index (χ1n) is 6.91. The van der Waals surface area contributed by atoms with Gasteiger partial charge in [0.05, 0.1) is 6.04 Å². The van der Waals surface area contributed by atoms with E-state index in [9.17, 15) is 0 Å². The molecule has 1 N–H and O–H groups in total. The van der Waals surface area contributed by atoms with Gasteiger partial charge in [-0.1, -0.05) is 43.3 Å². The van der Waals surface area contributed by atoms with Crippen LogP contribution in [0.2, 0.25) is 0 Å². The zero-order valence-electron chi connectivity index (χ0n) is 11.4. The number of hydrogen-bond acceptors (Lipinski definition) is 4. The van der Waals surface area contributed by atoms with Gasteiger partial charge in [0.1, 0.15) is 0 Å². The summed E-state index contributed by atoms with van der Waals surface area (Å²) in [6.07, 6.45) is 2.25. The second-order valence-electron chi connectivity index (χ2n) is 5.38. The molecule has 1 saturated heterocycles. The third kappa shape index (κ3) is 2.54. The smallest absolute Gasteiger partial charge is 0.244 e. The Morgan fingerprint density at radius 2 is 2.05 bits per heavy atom. The molecule has 1 aromatic carbocycles. The van der Waals surface area contributed by atoms with Gasteiger partial charge in [-0.05, 0) is 30.9 Å². The van der Waals surface area contributed by atoms with Crippen molar-refractivity contribution in [3.63, 3.8) is 0 Å². The summed E-state index contributed by atoms with van der Waals surface area (Å²) in [6, 6.07) is 8.61. The van der Waals surface area contributed by atoms with E-state index in [4.69, 9.17) is 4.52 Å². The van der Waals surface area contributed by atoms with Crippen LogP contribution in [0.15, 0.2) is 28.8 Å². The summed E-state index contributed by atoms with van der Waals surface area (Å²) in [6.45, 7) is 5.41. The molecule has 2 heterocycles. The van der Waals surface area contributed by atoms with Gasteiger partial charge in [0.15, 0.2) is 0 Å². The molecule has 0 saturated carbocycles. The Labute approximate surface area is 113 Å². The van der Waals surface area contributed by atoms with Crippen LogP contribution in [0.1, 0.15) is 50.1 Å². The summed E-state index contributed by atoms with van der Waals surface area (Å²) in [4.78, 5) is 4.50. The molecule has 1 fully saturated rings. The molecule has 0 bridgehead atoms. The Morgan fingerprint density at radius 1 is 1.26 bits per heavy atom. The van der Waals surface area contributed by atoms with Crippen LogP contribution in [0.4, 0.5) is 0 Å². The fourth-order valence-corrected chi connectivity index (χ4v) is 2.41. The van der Waals surface area contributed by atoms with Gasteiger partial charge in [-0.2, -0.15) is 4.98 Å². The molecule has 1 aliphatic heterocycles. The standard InChI is InChI=1S/C15H19N3O/c1-10(2)11-5-7-12(8-6-11)14-17-15(19-18-14)13-4-3-9-16-13/h5-8,10,13,16H,3-4,9H2,1-2H3. The summed E-state index contributed by atoms with van der Waals surface area (Å²) >= 11 is 0. The quantitative estimate of drug-likeness (QED) is 0.916. The van der Waals surface area contributed by atoms with E-state index in [2.05, 4.69) is 53.6 Å². The summed E-state index contributed by atoms with van der Waals surface area (Å²) in [5.41, 5.74) is 2.34. The van der Waals surface area contributed by atoms with Crippen molar-refractivity contribution in [2.45, 2.75) is 38.6 Å². The van der Waals surface area contributed by atoms with Crippen molar-refractivity contribution >= 4 is 0 Å². The second-order valence-corrected chi connectivity index (χ2v) is 5.38. The van der Waals surface area contributed by atoms with Crippen LogP contribution in [0, 0.1) is 0 Å². The van der Waals surface area contributed by atoms with E-state index >= 15 is 0 Å².